The van der Waals surface area contributed by atoms with Crippen molar-refractivity contribution in [1.29, 1.82) is 0 Å². The van der Waals surface area contributed by atoms with Gasteiger partial charge in [-0.1, -0.05) is 35.3 Å². The fraction of sp³-hybridized carbons (Fsp3) is 0.125. The molecule has 0 spiro atoms. The highest BCUT2D eigenvalue weighted by molar-refractivity contribution is 7.88. The zero-order valence-corrected chi connectivity index (χ0v) is 20.2. The van der Waals surface area contributed by atoms with E-state index in [0.29, 0.717) is 21.5 Å². The van der Waals surface area contributed by atoms with E-state index in [1.54, 1.807) is 42.6 Å². The number of aromatic nitrogens is 1. The second-order valence-electron chi connectivity index (χ2n) is 7.60. The number of nitrogens with zero attached hydrogens (tertiary/aromatic N) is 1. The summed E-state index contributed by atoms with van der Waals surface area (Å²) in [6, 6.07) is 15.6. The van der Waals surface area contributed by atoms with Crippen LogP contribution in [0.4, 0.5) is 4.39 Å². The van der Waals surface area contributed by atoms with Crippen molar-refractivity contribution in [1.82, 2.24) is 9.29 Å². The van der Waals surface area contributed by atoms with Gasteiger partial charge in [-0.3, -0.25) is 4.79 Å². The fourth-order valence-electron chi connectivity index (χ4n) is 3.51. The molecular weight excluding hydrogens is 502 g/mol. The van der Waals surface area contributed by atoms with Crippen LogP contribution in [-0.2, 0) is 23.2 Å². The predicted octanol–water partition coefficient (Wildman–Crippen LogP) is 5.79. The lowest BCUT2D eigenvalue weighted by molar-refractivity contribution is 0.0856. The fourth-order valence-corrected chi connectivity index (χ4v) is 4.63. The maximum atomic E-state index is 14.2. The first kappa shape index (κ1) is 24.1. The van der Waals surface area contributed by atoms with Gasteiger partial charge >= 0.3 is 0 Å². The molecule has 34 heavy (non-hydrogen) atoms. The van der Waals surface area contributed by atoms with E-state index >= 15 is 0 Å². The zero-order chi connectivity index (χ0) is 24.5. The summed E-state index contributed by atoms with van der Waals surface area (Å²) in [7, 11) is -3.97. The Morgan fingerprint density at radius 1 is 1.03 bits per heavy atom. The van der Waals surface area contributed by atoms with E-state index in [1.165, 1.54) is 24.3 Å². The van der Waals surface area contributed by atoms with Crippen molar-refractivity contribution in [2.45, 2.75) is 13.2 Å². The maximum absolute atomic E-state index is 14.2. The van der Waals surface area contributed by atoms with Gasteiger partial charge in [0.1, 0.15) is 18.2 Å². The van der Waals surface area contributed by atoms with Gasteiger partial charge in [0.25, 0.3) is 5.91 Å². The number of H-pyrrole nitrogens is 1. The van der Waals surface area contributed by atoms with Crippen molar-refractivity contribution in [3.8, 4) is 5.75 Å². The molecule has 10 heteroatoms. The smallest absolute Gasteiger partial charge is 0.268 e. The largest absolute Gasteiger partial charge is 0.488 e. The zero-order valence-electron chi connectivity index (χ0n) is 17.9. The van der Waals surface area contributed by atoms with E-state index in [9.17, 15) is 17.6 Å². The van der Waals surface area contributed by atoms with Crippen molar-refractivity contribution in [2.75, 3.05) is 6.26 Å². The van der Waals surface area contributed by atoms with E-state index in [0.717, 1.165) is 10.6 Å². The van der Waals surface area contributed by atoms with Crippen LogP contribution in [0.25, 0.3) is 10.9 Å². The Hall–Kier alpha value is -3.07. The van der Waals surface area contributed by atoms with Crippen molar-refractivity contribution >= 4 is 50.0 Å². The molecule has 4 rings (SSSR count). The summed E-state index contributed by atoms with van der Waals surface area (Å²) in [6.07, 6.45) is 2.63. The lowest BCUT2D eigenvalue weighted by Crippen LogP contribution is -2.35. The highest BCUT2D eigenvalue weighted by Crippen LogP contribution is 2.28. The van der Waals surface area contributed by atoms with E-state index in [2.05, 4.69) is 4.98 Å². The molecule has 0 saturated carbocycles. The highest BCUT2D eigenvalue weighted by atomic mass is 35.5. The van der Waals surface area contributed by atoms with E-state index < -0.39 is 21.7 Å². The minimum Gasteiger partial charge on any atom is -0.488 e. The molecule has 0 radical (unpaired) electrons. The van der Waals surface area contributed by atoms with Crippen LogP contribution in [0.15, 0.2) is 66.9 Å². The van der Waals surface area contributed by atoms with E-state index in [-0.39, 0.29) is 35.1 Å². The Morgan fingerprint density at radius 2 is 1.76 bits per heavy atom. The van der Waals surface area contributed by atoms with Crippen LogP contribution in [0.3, 0.4) is 0 Å². The first-order valence-corrected chi connectivity index (χ1v) is 12.7. The lowest BCUT2D eigenvalue weighted by Gasteiger charge is -2.22. The first-order valence-electron chi connectivity index (χ1n) is 10.1. The predicted molar refractivity (Wildman–Crippen MR) is 130 cm³/mol. The second kappa shape index (κ2) is 9.66. The number of hydrogen-bond acceptors (Lipinski definition) is 4. The number of aromatic amines is 1. The van der Waals surface area contributed by atoms with Gasteiger partial charge in [-0.25, -0.2) is 17.1 Å². The van der Waals surface area contributed by atoms with Gasteiger partial charge in [0.15, 0.2) is 0 Å². The third-order valence-corrected chi connectivity index (χ3v) is 6.75. The number of amides is 1. The topological polar surface area (TPSA) is 79.5 Å². The summed E-state index contributed by atoms with van der Waals surface area (Å²) in [5.74, 6) is -0.960. The number of halogens is 3. The second-order valence-corrected chi connectivity index (χ2v) is 10.4. The quantitative estimate of drug-likeness (QED) is 0.334. The van der Waals surface area contributed by atoms with Gasteiger partial charge in [0, 0.05) is 43.8 Å². The number of benzene rings is 3. The van der Waals surface area contributed by atoms with Gasteiger partial charge in [0.2, 0.25) is 10.0 Å². The minimum absolute atomic E-state index is 0.132. The molecule has 1 N–H and O–H groups in total. The molecule has 0 bridgehead atoms. The molecule has 1 aromatic heterocycles. The van der Waals surface area contributed by atoms with Gasteiger partial charge in [-0.2, -0.15) is 0 Å². The molecular formula is C24H19Cl2FN2O4S. The minimum atomic E-state index is -3.97. The monoisotopic (exact) mass is 520 g/mol. The Balaban J connectivity index is 1.66. The molecule has 176 valence electrons. The molecule has 1 amide bonds. The lowest BCUT2D eigenvalue weighted by atomic mass is 10.1. The molecule has 0 aliphatic rings. The number of hydrogen-bond donors (Lipinski definition) is 1. The van der Waals surface area contributed by atoms with Crippen LogP contribution in [-0.4, -0.2) is 29.9 Å². The van der Waals surface area contributed by atoms with Crippen molar-refractivity contribution in [2.24, 2.45) is 0 Å². The van der Waals surface area contributed by atoms with Crippen LogP contribution in [0.5, 0.6) is 5.75 Å². The number of fused-ring (bicyclic) bond motifs is 1. The molecule has 6 nitrogen and oxygen atoms in total. The van der Waals surface area contributed by atoms with Crippen LogP contribution in [0.2, 0.25) is 10.0 Å². The summed E-state index contributed by atoms with van der Waals surface area (Å²) < 4.78 is 46.0. The van der Waals surface area contributed by atoms with Gasteiger partial charge in [-0.05, 0) is 48.5 Å². The number of rotatable bonds is 7. The Labute approximate surface area is 205 Å². The summed E-state index contributed by atoms with van der Waals surface area (Å²) in [5, 5.41) is 1.18. The summed E-state index contributed by atoms with van der Waals surface area (Å²) in [5.41, 5.74) is 1.55. The molecule has 0 atom stereocenters. The molecule has 0 aliphatic carbocycles. The average molecular weight is 521 g/mol. The molecule has 1 heterocycles. The maximum Gasteiger partial charge on any atom is 0.268 e. The molecule has 3 aromatic carbocycles. The number of sulfonamides is 1. The number of nitrogens with one attached hydrogen (secondary N) is 1. The molecule has 4 aromatic rings. The van der Waals surface area contributed by atoms with Crippen LogP contribution in [0.1, 0.15) is 21.5 Å². The Kier molecular flexibility index (Phi) is 6.84. The highest BCUT2D eigenvalue weighted by Gasteiger charge is 2.27. The average Bonchev–Trinajstić information content (AvgIpc) is 3.25. The molecule has 0 unspecified atom stereocenters. The summed E-state index contributed by atoms with van der Waals surface area (Å²) >= 11 is 11.9. The molecule has 0 aliphatic heterocycles. The Bertz CT molecular complexity index is 1490. The summed E-state index contributed by atoms with van der Waals surface area (Å²) in [6.45, 7) is -0.454. The van der Waals surface area contributed by atoms with Crippen molar-refractivity contribution in [3.63, 3.8) is 0 Å². The third-order valence-electron chi connectivity index (χ3n) is 5.19. The first-order chi connectivity index (χ1) is 16.1. The normalized spacial score (nSPS) is 11.5. The van der Waals surface area contributed by atoms with Gasteiger partial charge < -0.3 is 9.72 Å². The number of carbonyl (C=O) groups excluding carboxylic acids is 1. The van der Waals surface area contributed by atoms with Crippen molar-refractivity contribution in [3.05, 3.63) is 99.4 Å². The van der Waals surface area contributed by atoms with E-state index in [1.807, 2.05) is 0 Å². The standard InChI is InChI=1S/C24H19Cl2FN2O4S/c1-34(31,32)29(24(30)20-3-2-4-22-19(20)9-10-28-22)13-16-11-17(25)7-8-23(16)33-14-15-5-6-18(26)12-21(15)27/h2-12,28H,13-14H2,1H3. The van der Waals surface area contributed by atoms with Crippen LogP contribution in [0, 0.1) is 5.82 Å². The van der Waals surface area contributed by atoms with Crippen molar-refractivity contribution < 1.29 is 22.3 Å². The molecule has 0 fully saturated rings. The number of ether oxygens (including phenoxy) is 1. The molecule has 0 saturated heterocycles. The van der Waals surface area contributed by atoms with Crippen LogP contribution < -0.4 is 4.74 Å². The SMILES string of the molecule is CS(=O)(=O)N(Cc1cc(Cl)ccc1OCc1ccc(Cl)cc1F)C(=O)c1cccc2[nH]ccc12. The van der Waals surface area contributed by atoms with Crippen LogP contribution >= 0.6 is 23.2 Å². The van der Waals surface area contributed by atoms with Gasteiger partial charge in [-0.15, -0.1) is 0 Å². The Morgan fingerprint density at radius 3 is 2.50 bits per heavy atom. The number of carbonyl (C=O) groups is 1. The summed E-state index contributed by atoms with van der Waals surface area (Å²) in [4.78, 5) is 16.4. The third kappa shape index (κ3) is 5.19. The van der Waals surface area contributed by atoms with E-state index in [4.69, 9.17) is 27.9 Å². The van der Waals surface area contributed by atoms with Gasteiger partial charge in [0.05, 0.1) is 12.8 Å².